The maximum atomic E-state index is 5.81. The van der Waals surface area contributed by atoms with E-state index >= 15 is 0 Å². The molecule has 3 heteroatoms. The van der Waals surface area contributed by atoms with Crippen LogP contribution < -0.4 is 11.5 Å². The third-order valence-corrected chi connectivity index (χ3v) is 2.70. The van der Waals surface area contributed by atoms with Gasteiger partial charge in [0.25, 0.3) is 0 Å². The fourth-order valence-corrected chi connectivity index (χ4v) is 1.59. The Morgan fingerprint density at radius 2 is 1.35 bits per heavy atom. The van der Waals surface area contributed by atoms with E-state index in [0.717, 1.165) is 16.1 Å². The third-order valence-electron chi connectivity index (χ3n) is 2.45. The second kappa shape index (κ2) is 4.93. The molecule has 0 bridgehead atoms. The molecule has 86 valence electrons. The number of rotatable bonds is 2. The van der Waals surface area contributed by atoms with Crippen LogP contribution in [0, 0.1) is 0 Å². The summed E-state index contributed by atoms with van der Waals surface area (Å²) < 4.78 is 0. The zero-order valence-corrected chi connectivity index (χ0v) is 9.98. The Labute approximate surface area is 106 Å². The summed E-state index contributed by atoms with van der Waals surface area (Å²) in [7, 11) is 0. The minimum atomic E-state index is 0.600. The monoisotopic (exact) mass is 244 g/mol. The van der Waals surface area contributed by atoms with E-state index in [0.29, 0.717) is 11.4 Å². The smallest absolute Gasteiger partial charge is 0.0553 e. The molecule has 0 heterocycles. The maximum absolute atomic E-state index is 5.81. The first-order valence-electron chi connectivity index (χ1n) is 5.24. The van der Waals surface area contributed by atoms with E-state index < -0.39 is 0 Å². The summed E-state index contributed by atoms with van der Waals surface area (Å²) >= 11 is 5.81. The molecule has 0 spiro atoms. The first-order valence-corrected chi connectivity index (χ1v) is 5.61. The molecule has 4 N–H and O–H groups in total. The average Bonchev–Trinajstić information content (AvgIpc) is 2.33. The fourth-order valence-electron chi connectivity index (χ4n) is 1.46. The van der Waals surface area contributed by atoms with Crippen molar-refractivity contribution in [1.82, 2.24) is 0 Å². The van der Waals surface area contributed by atoms with E-state index in [9.17, 15) is 0 Å². The number of nitrogen functional groups attached to an aromatic ring is 2. The van der Waals surface area contributed by atoms with Gasteiger partial charge in [-0.1, -0.05) is 42.0 Å². The van der Waals surface area contributed by atoms with Crippen molar-refractivity contribution < 1.29 is 0 Å². The number of nitrogens with two attached hydrogens (primary N) is 2. The maximum Gasteiger partial charge on any atom is 0.0553 e. The number of hydrogen-bond acceptors (Lipinski definition) is 2. The van der Waals surface area contributed by atoms with Gasteiger partial charge in [-0.15, -0.1) is 0 Å². The highest BCUT2D eigenvalue weighted by atomic mass is 35.5. The van der Waals surface area contributed by atoms with Crippen LogP contribution in [-0.2, 0) is 0 Å². The van der Waals surface area contributed by atoms with Crippen molar-refractivity contribution in [3.8, 4) is 0 Å². The predicted octanol–water partition coefficient (Wildman–Crippen LogP) is 3.67. The van der Waals surface area contributed by atoms with Gasteiger partial charge in [0.05, 0.1) is 11.4 Å². The van der Waals surface area contributed by atoms with Gasteiger partial charge in [-0.2, -0.15) is 0 Å². The van der Waals surface area contributed by atoms with Crippen LogP contribution in [0.5, 0.6) is 0 Å². The summed E-state index contributed by atoms with van der Waals surface area (Å²) in [5, 5.41) is 0.735. The van der Waals surface area contributed by atoms with Crippen molar-refractivity contribution in [3.05, 3.63) is 58.6 Å². The minimum Gasteiger partial charge on any atom is -0.397 e. The van der Waals surface area contributed by atoms with Gasteiger partial charge in [-0.05, 0) is 35.4 Å². The van der Waals surface area contributed by atoms with E-state index in [-0.39, 0.29) is 0 Å². The topological polar surface area (TPSA) is 52.0 Å². The second-order valence-corrected chi connectivity index (χ2v) is 4.21. The third kappa shape index (κ3) is 3.02. The molecule has 2 aromatic carbocycles. The van der Waals surface area contributed by atoms with Crippen LogP contribution in [0.1, 0.15) is 11.1 Å². The zero-order valence-electron chi connectivity index (χ0n) is 9.23. The lowest BCUT2D eigenvalue weighted by Gasteiger charge is -2.00. The van der Waals surface area contributed by atoms with Crippen molar-refractivity contribution >= 4 is 35.1 Å². The summed E-state index contributed by atoms with van der Waals surface area (Å²) in [4.78, 5) is 0. The molecule has 0 radical (unpaired) electrons. The molecule has 0 aliphatic heterocycles. The molecule has 2 rings (SSSR count). The van der Waals surface area contributed by atoms with E-state index in [2.05, 4.69) is 0 Å². The highest BCUT2D eigenvalue weighted by molar-refractivity contribution is 6.30. The van der Waals surface area contributed by atoms with Crippen molar-refractivity contribution in [3.63, 3.8) is 0 Å². The Morgan fingerprint density at radius 1 is 0.765 bits per heavy atom. The van der Waals surface area contributed by atoms with Crippen molar-refractivity contribution in [2.24, 2.45) is 0 Å². The molecule has 2 aromatic rings. The highest BCUT2D eigenvalue weighted by Gasteiger charge is 1.94. The van der Waals surface area contributed by atoms with Crippen molar-refractivity contribution in [2.75, 3.05) is 11.5 Å². The zero-order chi connectivity index (χ0) is 12.3. The molecular formula is C14H13ClN2. The Balaban J connectivity index is 2.20. The summed E-state index contributed by atoms with van der Waals surface area (Å²) in [6.07, 6.45) is 3.99. The molecule has 0 fully saturated rings. The van der Waals surface area contributed by atoms with Gasteiger partial charge >= 0.3 is 0 Å². The molecule has 0 unspecified atom stereocenters. The quantitative estimate of drug-likeness (QED) is 0.626. The number of hydrogen-bond donors (Lipinski definition) is 2. The first-order chi connectivity index (χ1) is 8.15. The molecule has 0 saturated carbocycles. The Kier molecular flexibility index (Phi) is 3.35. The lowest BCUT2D eigenvalue weighted by molar-refractivity contribution is 1.62. The van der Waals surface area contributed by atoms with Gasteiger partial charge in [-0.25, -0.2) is 0 Å². The van der Waals surface area contributed by atoms with Crippen LogP contribution in [0.2, 0.25) is 5.02 Å². The van der Waals surface area contributed by atoms with Crippen LogP contribution >= 0.6 is 11.6 Å². The van der Waals surface area contributed by atoms with Gasteiger partial charge < -0.3 is 11.5 Å². The molecule has 0 aliphatic carbocycles. The molecular weight excluding hydrogens is 232 g/mol. The lowest BCUT2D eigenvalue weighted by atomic mass is 10.1. The number of benzene rings is 2. The van der Waals surface area contributed by atoms with Gasteiger partial charge in [0.2, 0.25) is 0 Å². The SMILES string of the molecule is Nc1ccc(/C=C/c2ccc(Cl)cc2)cc1N. The number of anilines is 2. The Morgan fingerprint density at radius 3 is 2.00 bits per heavy atom. The van der Waals surface area contributed by atoms with E-state index in [1.165, 1.54) is 0 Å². The molecule has 2 nitrogen and oxygen atoms in total. The van der Waals surface area contributed by atoms with Crippen LogP contribution in [0.15, 0.2) is 42.5 Å². The van der Waals surface area contributed by atoms with Gasteiger partial charge in [-0.3, -0.25) is 0 Å². The van der Waals surface area contributed by atoms with Crippen LogP contribution in [-0.4, -0.2) is 0 Å². The normalized spacial score (nSPS) is 10.9. The molecule has 0 amide bonds. The summed E-state index contributed by atoms with van der Waals surface area (Å²) in [5.41, 5.74) is 14.7. The van der Waals surface area contributed by atoms with Crippen LogP contribution in [0.3, 0.4) is 0 Å². The predicted molar refractivity (Wildman–Crippen MR) is 75.6 cm³/mol. The second-order valence-electron chi connectivity index (χ2n) is 3.77. The van der Waals surface area contributed by atoms with E-state index in [1.54, 1.807) is 6.07 Å². The molecule has 0 aliphatic rings. The van der Waals surface area contributed by atoms with E-state index in [4.69, 9.17) is 23.1 Å². The standard InChI is InChI=1S/C14H13ClN2/c15-12-6-3-10(4-7-12)1-2-11-5-8-13(16)14(17)9-11/h1-9H,16-17H2/b2-1+. The van der Waals surface area contributed by atoms with Gasteiger partial charge in [0.15, 0.2) is 0 Å². The number of halogens is 1. The van der Waals surface area contributed by atoms with Gasteiger partial charge in [0.1, 0.15) is 0 Å². The summed E-state index contributed by atoms with van der Waals surface area (Å²) in [5.74, 6) is 0. The van der Waals surface area contributed by atoms with E-state index in [1.807, 2.05) is 48.6 Å². The Bertz CT molecular complexity index is 545. The largest absolute Gasteiger partial charge is 0.397 e. The fraction of sp³-hybridized carbons (Fsp3) is 0. The molecule has 0 aromatic heterocycles. The molecule has 0 atom stereocenters. The van der Waals surface area contributed by atoms with Crippen molar-refractivity contribution in [2.45, 2.75) is 0 Å². The summed E-state index contributed by atoms with van der Waals surface area (Å²) in [6, 6.07) is 13.2. The lowest BCUT2D eigenvalue weighted by Crippen LogP contribution is -1.93. The Hall–Kier alpha value is -1.93. The summed E-state index contributed by atoms with van der Waals surface area (Å²) in [6.45, 7) is 0. The van der Waals surface area contributed by atoms with Crippen LogP contribution in [0.4, 0.5) is 11.4 Å². The molecule has 17 heavy (non-hydrogen) atoms. The van der Waals surface area contributed by atoms with Crippen LogP contribution in [0.25, 0.3) is 12.2 Å². The van der Waals surface area contributed by atoms with Crippen molar-refractivity contribution in [1.29, 1.82) is 0 Å². The molecule has 0 saturated heterocycles. The average molecular weight is 245 g/mol. The highest BCUT2D eigenvalue weighted by Crippen LogP contribution is 2.18. The van der Waals surface area contributed by atoms with Gasteiger partial charge in [0, 0.05) is 5.02 Å². The minimum absolute atomic E-state index is 0.600. The first kappa shape index (κ1) is 11.6.